The molecule has 0 N–H and O–H groups in total. The molecule has 0 fully saturated rings. The number of benzene rings is 1. The van der Waals surface area contributed by atoms with E-state index in [1.54, 1.807) is 13.0 Å². The van der Waals surface area contributed by atoms with Crippen molar-refractivity contribution in [3.8, 4) is 12.1 Å². The lowest BCUT2D eigenvalue weighted by Crippen LogP contribution is -1.85. The van der Waals surface area contributed by atoms with E-state index in [2.05, 4.69) is 4.99 Å². The summed E-state index contributed by atoms with van der Waals surface area (Å²) in [5, 5.41) is 17.4. The molecule has 0 saturated heterocycles. The molecule has 0 saturated carbocycles. The summed E-state index contributed by atoms with van der Waals surface area (Å²) in [4.78, 5) is 13.5. The standard InChI is InChI=1S/C10H5N3O/c1-7-2-8(4-11)3-9(5-12)10(7)13-6-14/h2-3H,1H3. The third-order valence-corrected chi connectivity index (χ3v) is 1.71. The van der Waals surface area contributed by atoms with Crippen LogP contribution >= 0.6 is 0 Å². The zero-order valence-electron chi connectivity index (χ0n) is 7.40. The monoisotopic (exact) mass is 183 g/mol. The van der Waals surface area contributed by atoms with Gasteiger partial charge in [-0.3, -0.25) is 0 Å². The van der Waals surface area contributed by atoms with Gasteiger partial charge in [0.15, 0.2) is 0 Å². The van der Waals surface area contributed by atoms with Gasteiger partial charge in [-0.05, 0) is 24.6 Å². The number of hydrogen-bond acceptors (Lipinski definition) is 4. The normalized spacial score (nSPS) is 8.21. The number of aryl methyl sites for hydroxylation is 1. The van der Waals surface area contributed by atoms with E-state index in [-0.39, 0.29) is 11.3 Å². The molecule has 0 aliphatic rings. The highest BCUT2D eigenvalue weighted by molar-refractivity contribution is 5.64. The quantitative estimate of drug-likeness (QED) is 0.491. The lowest BCUT2D eigenvalue weighted by atomic mass is 10.1. The summed E-state index contributed by atoms with van der Waals surface area (Å²) in [6.45, 7) is 1.68. The fourth-order valence-electron chi connectivity index (χ4n) is 1.12. The van der Waals surface area contributed by atoms with Crippen LogP contribution in [-0.4, -0.2) is 6.08 Å². The lowest BCUT2D eigenvalue weighted by molar-refractivity contribution is 0.565. The van der Waals surface area contributed by atoms with Crippen LogP contribution in [0.5, 0.6) is 0 Å². The summed E-state index contributed by atoms with van der Waals surface area (Å²) in [6, 6.07) is 6.75. The Labute approximate surface area is 80.7 Å². The van der Waals surface area contributed by atoms with E-state index in [9.17, 15) is 4.79 Å². The molecular weight excluding hydrogens is 178 g/mol. The average molecular weight is 183 g/mol. The van der Waals surface area contributed by atoms with Crippen LogP contribution in [0.25, 0.3) is 0 Å². The molecule has 0 unspecified atom stereocenters. The molecule has 0 aromatic heterocycles. The maximum Gasteiger partial charge on any atom is 0.240 e. The molecule has 0 bridgehead atoms. The van der Waals surface area contributed by atoms with Crippen LogP contribution in [0.3, 0.4) is 0 Å². The summed E-state index contributed by atoms with van der Waals surface area (Å²) < 4.78 is 0. The van der Waals surface area contributed by atoms with Crippen molar-refractivity contribution in [3.05, 3.63) is 28.8 Å². The molecule has 1 aromatic rings. The van der Waals surface area contributed by atoms with E-state index < -0.39 is 0 Å². The Morgan fingerprint density at radius 3 is 2.50 bits per heavy atom. The van der Waals surface area contributed by atoms with Crippen LogP contribution in [0.2, 0.25) is 0 Å². The van der Waals surface area contributed by atoms with Crippen molar-refractivity contribution in [3.63, 3.8) is 0 Å². The van der Waals surface area contributed by atoms with Crippen LogP contribution in [0.4, 0.5) is 5.69 Å². The minimum atomic E-state index is 0.213. The first-order chi connectivity index (χ1) is 6.72. The molecule has 0 radical (unpaired) electrons. The Balaban J connectivity index is 3.54. The van der Waals surface area contributed by atoms with Gasteiger partial charge >= 0.3 is 0 Å². The topological polar surface area (TPSA) is 77.0 Å². The van der Waals surface area contributed by atoms with Crippen LogP contribution in [0, 0.1) is 29.6 Å². The first kappa shape index (κ1) is 9.67. The second-order valence-electron chi connectivity index (χ2n) is 2.62. The van der Waals surface area contributed by atoms with Crippen molar-refractivity contribution in [1.82, 2.24) is 0 Å². The third kappa shape index (κ3) is 1.67. The van der Waals surface area contributed by atoms with Gasteiger partial charge in [-0.1, -0.05) is 0 Å². The average Bonchev–Trinajstić information content (AvgIpc) is 2.20. The molecule has 66 valence electrons. The van der Waals surface area contributed by atoms with E-state index in [1.807, 2.05) is 12.1 Å². The molecule has 0 aliphatic carbocycles. The van der Waals surface area contributed by atoms with E-state index in [4.69, 9.17) is 10.5 Å². The number of isocyanates is 1. The second kappa shape index (κ2) is 4.00. The summed E-state index contributed by atoms with van der Waals surface area (Å²) >= 11 is 0. The van der Waals surface area contributed by atoms with Crippen LogP contribution in [0.15, 0.2) is 17.1 Å². The predicted molar refractivity (Wildman–Crippen MR) is 48.4 cm³/mol. The smallest absolute Gasteiger partial charge is 0.211 e. The zero-order valence-corrected chi connectivity index (χ0v) is 7.40. The summed E-state index contributed by atoms with van der Waals surface area (Å²) in [5.74, 6) is 0. The molecule has 14 heavy (non-hydrogen) atoms. The fourth-order valence-corrected chi connectivity index (χ4v) is 1.12. The number of carbonyl (C=O) groups excluding carboxylic acids is 1. The van der Waals surface area contributed by atoms with Crippen molar-refractivity contribution in [1.29, 1.82) is 10.5 Å². The van der Waals surface area contributed by atoms with Gasteiger partial charge in [0.2, 0.25) is 6.08 Å². The number of nitrogens with zero attached hydrogens (tertiary/aromatic N) is 3. The van der Waals surface area contributed by atoms with Crippen molar-refractivity contribution in [2.24, 2.45) is 4.99 Å². The van der Waals surface area contributed by atoms with Gasteiger partial charge in [-0.25, -0.2) is 4.79 Å². The number of aliphatic imine (C=N–C) groups is 1. The maximum atomic E-state index is 10.1. The highest BCUT2D eigenvalue weighted by Crippen LogP contribution is 2.24. The van der Waals surface area contributed by atoms with Gasteiger partial charge in [0, 0.05) is 0 Å². The molecular formula is C10H5N3O. The van der Waals surface area contributed by atoms with Gasteiger partial charge in [0.1, 0.15) is 6.07 Å². The van der Waals surface area contributed by atoms with Crippen molar-refractivity contribution < 1.29 is 4.79 Å². The molecule has 4 nitrogen and oxygen atoms in total. The molecule has 0 atom stereocenters. The van der Waals surface area contributed by atoms with Crippen LogP contribution in [-0.2, 0) is 4.79 Å². The summed E-state index contributed by atoms with van der Waals surface area (Å²) in [5.41, 5.74) is 1.49. The largest absolute Gasteiger partial charge is 0.240 e. The van der Waals surface area contributed by atoms with Crippen LogP contribution < -0.4 is 0 Å². The minimum Gasteiger partial charge on any atom is -0.211 e. The van der Waals surface area contributed by atoms with Crippen LogP contribution in [0.1, 0.15) is 16.7 Å². The number of nitriles is 2. The number of rotatable bonds is 1. The van der Waals surface area contributed by atoms with Gasteiger partial charge in [0.25, 0.3) is 0 Å². The Morgan fingerprint density at radius 2 is 2.00 bits per heavy atom. The molecule has 0 amide bonds. The Bertz CT molecular complexity index is 499. The van der Waals surface area contributed by atoms with Gasteiger partial charge in [-0.2, -0.15) is 15.5 Å². The fraction of sp³-hybridized carbons (Fsp3) is 0.100. The van der Waals surface area contributed by atoms with E-state index in [0.29, 0.717) is 11.1 Å². The Kier molecular flexibility index (Phi) is 2.76. The van der Waals surface area contributed by atoms with E-state index in [1.165, 1.54) is 12.1 Å². The second-order valence-corrected chi connectivity index (χ2v) is 2.62. The Morgan fingerprint density at radius 1 is 1.29 bits per heavy atom. The van der Waals surface area contributed by atoms with Crippen molar-refractivity contribution in [2.75, 3.05) is 0 Å². The van der Waals surface area contributed by atoms with E-state index in [0.717, 1.165) is 0 Å². The summed E-state index contributed by atoms with van der Waals surface area (Å²) in [6.07, 6.45) is 1.38. The van der Waals surface area contributed by atoms with E-state index >= 15 is 0 Å². The third-order valence-electron chi connectivity index (χ3n) is 1.71. The minimum absolute atomic E-state index is 0.213. The van der Waals surface area contributed by atoms with Crippen molar-refractivity contribution in [2.45, 2.75) is 6.92 Å². The lowest BCUT2D eigenvalue weighted by Gasteiger charge is -2.00. The molecule has 0 aliphatic heterocycles. The Hall–Kier alpha value is -2.42. The first-order valence-corrected chi connectivity index (χ1v) is 3.75. The van der Waals surface area contributed by atoms with Gasteiger partial charge in [0.05, 0.1) is 22.9 Å². The predicted octanol–water partition coefficient (Wildman–Crippen LogP) is 1.71. The highest BCUT2D eigenvalue weighted by Gasteiger charge is 2.06. The maximum absolute atomic E-state index is 10.1. The molecule has 0 spiro atoms. The molecule has 1 rings (SSSR count). The summed E-state index contributed by atoms with van der Waals surface area (Å²) in [7, 11) is 0. The van der Waals surface area contributed by atoms with Gasteiger partial charge < -0.3 is 0 Å². The SMILES string of the molecule is Cc1cc(C#N)cc(C#N)c1N=C=O. The van der Waals surface area contributed by atoms with Crippen molar-refractivity contribution >= 4 is 11.8 Å². The zero-order chi connectivity index (χ0) is 10.6. The molecule has 1 aromatic carbocycles. The van der Waals surface area contributed by atoms with Gasteiger partial charge in [-0.15, -0.1) is 0 Å². The first-order valence-electron chi connectivity index (χ1n) is 3.75. The molecule has 4 heteroatoms. The highest BCUT2D eigenvalue weighted by atomic mass is 16.1. The molecule has 0 heterocycles. The number of hydrogen-bond donors (Lipinski definition) is 0.